The third-order valence-electron chi connectivity index (χ3n) is 8.74. The molecule has 6 aromatic rings. The van der Waals surface area contributed by atoms with Crippen LogP contribution in [0.1, 0.15) is 40.8 Å². The molecule has 0 aliphatic heterocycles. The van der Waals surface area contributed by atoms with Crippen LogP contribution in [0, 0.1) is 5.82 Å². The summed E-state index contributed by atoms with van der Waals surface area (Å²) in [4.78, 5) is 28.4. The van der Waals surface area contributed by atoms with E-state index in [-0.39, 0.29) is 29.2 Å². The summed E-state index contributed by atoms with van der Waals surface area (Å²) in [6.07, 6.45) is 1.01. The van der Waals surface area contributed by atoms with E-state index in [2.05, 4.69) is 89.5 Å². The van der Waals surface area contributed by atoms with Gasteiger partial charge in [0.1, 0.15) is 34.2 Å². The van der Waals surface area contributed by atoms with Crippen molar-refractivity contribution < 1.29 is 45.8 Å². The minimum Gasteiger partial charge on any atom is -0.462 e. The topological polar surface area (TPSA) is 130 Å². The van der Waals surface area contributed by atoms with Crippen LogP contribution in [0.5, 0.6) is 11.5 Å². The van der Waals surface area contributed by atoms with Crippen molar-refractivity contribution in [1.82, 2.24) is 0 Å². The third-order valence-corrected chi connectivity index (χ3v) is 16.5. The molecule has 0 unspecified atom stereocenters. The second kappa shape index (κ2) is 16.7. The van der Waals surface area contributed by atoms with Gasteiger partial charge in [-0.1, -0.05) is 40.3 Å². The van der Waals surface area contributed by atoms with Crippen molar-refractivity contribution >= 4 is 132 Å². The van der Waals surface area contributed by atoms with Crippen LogP contribution in [0.25, 0.3) is 33.1 Å². The lowest BCUT2D eigenvalue weighted by Crippen LogP contribution is -2.37. The smallest absolute Gasteiger partial charge is 0.344 e. The van der Waals surface area contributed by atoms with Gasteiger partial charge in [0.25, 0.3) is 0 Å². The first-order chi connectivity index (χ1) is 26.3. The maximum Gasteiger partial charge on any atom is 0.344 e. The number of furan rings is 1. The third kappa shape index (κ3) is 9.53. The van der Waals surface area contributed by atoms with Crippen molar-refractivity contribution in [3.05, 3.63) is 126 Å². The Morgan fingerprint density at radius 3 is 2.12 bits per heavy atom. The summed E-state index contributed by atoms with van der Waals surface area (Å²) in [7, 11) is -2.45. The summed E-state index contributed by atoms with van der Waals surface area (Å²) >= 11 is 9.07. The molecule has 1 heterocycles. The molecule has 1 N–H and O–H groups in total. The Labute approximate surface area is 371 Å². The van der Waals surface area contributed by atoms with Gasteiger partial charge >= 0.3 is 11.9 Å². The number of nitrogens with one attached hydrogen (secondary N) is 1. The Bertz CT molecular complexity index is 2560. The molecule has 0 bridgehead atoms. The average Bonchev–Trinajstić information content (AvgIpc) is 3.51. The number of carbonyl (C=O) groups is 2. The van der Waals surface area contributed by atoms with E-state index in [0.717, 1.165) is 17.0 Å². The number of methoxy groups -OCH3 is 1. The van der Waals surface area contributed by atoms with Crippen LogP contribution in [-0.4, -0.2) is 40.3 Å². The molecular formula is C39H34FI4NO9S2. The van der Waals surface area contributed by atoms with Crippen LogP contribution in [0.4, 0.5) is 10.1 Å². The molecule has 0 amide bonds. The number of esters is 2. The number of anilines is 1. The van der Waals surface area contributed by atoms with Crippen LogP contribution in [0.15, 0.2) is 108 Å². The molecule has 0 saturated heterocycles. The first kappa shape index (κ1) is 43.1. The summed E-state index contributed by atoms with van der Waals surface area (Å²) in [5.41, 5.74) is -0.887. The number of halogens is 5. The molecule has 0 radical (unpaired) electrons. The predicted molar refractivity (Wildman–Crippen MR) is 255 cm³/mol. The van der Waals surface area contributed by atoms with Gasteiger partial charge in [-0.3, -0.25) is 4.72 Å². The summed E-state index contributed by atoms with van der Waals surface area (Å²) in [6, 6.07) is 28.6. The summed E-state index contributed by atoms with van der Waals surface area (Å²) < 4.78 is 68.7. The van der Waals surface area contributed by atoms with E-state index in [1.54, 1.807) is 44.2 Å². The fourth-order valence-corrected chi connectivity index (χ4v) is 12.5. The van der Waals surface area contributed by atoms with E-state index in [9.17, 15) is 22.4 Å². The van der Waals surface area contributed by atoms with Gasteiger partial charge in [-0.05, 0) is 164 Å². The number of rotatable bonds is 13. The molecule has 56 heavy (non-hydrogen) atoms. The highest BCUT2D eigenvalue weighted by Crippen LogP contribution is 3.02. The highest BCUT2D eigenvalue weighted by Gasteiger charge is 2.48. The number of hydrogen-bond donors (Lipinski definition) is 2. The minimum absolute atomic E-state index is 0.0691. The number of fused-ring (bicyclic) bond motifs is 2. The van der Waals surface area contributed by atoms with Crippen molar-refractivity contribution in [2.75, 3.05) is 24.7 Å². The molecule has 296 valence electrons. The summed E-state index contributed by atoms with van der Waals surface area (Å²) in [5, 5.41) is 2.02. The standard InChI is InChI=1S/C39H34FI4NO9S2/c1-5-51-36(46)34-30-21-29(37(56(41,42,43)44)54-38(47)39(2,50-3)31-12-8-10-23-9-6-7-11-28(23)31)32(45-55(4,48)49)22-33(30)53-35(34)24-13-17-26(18-14-24)52-27-19-15-25(40)16-20-27/h6-22,37,45,56H,5H2,1-4H3/t37-,39+/m1/s1. The molecule has 0 aliphatic rings. The molecule has 0 saturated carbocycles. The molecule has 0 aliphatic carbocycles. The fourth-order valence-electron chi connectivity index (χ4n) is 6.09. The number of sulfonamides is 1. The Morgan fingerprint density at radius 2 is 1.52 bits per heavy atom. The van der Waals surface area contributed by atoms with Crippen LogP contribution in [-0.2, 0) is 34.6 Å². The minimum atomic E-state index is -3.89. The van der Waals surface area contributed by atoms with Crippen LogP contribution in [0.2, 0.25) is 0 Å². The van der Waals surface area contributed by atoms with Crippen LogP contribution < -0.4 is 9.46 Å². The molecule has 0 fully saturated rings. The number of thiol groups is 1. The zero-order valence-corrected chi connectivity index (χ0v) is 40.4. The lowest BCUT2D eigenvalue weighted by molar-refractivity contribution is -0.170. The van der Waals surface area contributed by atoms with Crippen molar-refractivity contribution in [3.8, 4) is 22.8 Å². The van der Waals surface area contributed by atoms with Gasteiger partial charge < -0.3 is 23.4 Å². The van der Waals surface area contributed by atoms with Gasteiger partial charge in [-0.15, -0.1) is 0 Å². The van der Waals surface area contributed by atoms with Crippen molar-refractivity contribution in [1.29, 1.82) is 0 Å². The van der Waals surface area contributed by atoms with Gasteiger partial charge in [0.15, 0.2) is 11.0 Å². The second-order valence-electron chi connectivity index (χ2n) is 12.7. The van der Waals surface area contributed by atoms with Gasteiger partial charge in [0.2, 0.25) is 10.0 Å². The van der Waals surface area contributed by atoms with Crippen molar-refractivity contribution in [3.63, 3.8) is 0 Å². The Kier molecular flexibility index (Phi) is 12.8. The van der Waals surface area contributed by atoms with Crippen molar-refractivity contribution in [2.24, 2.45) is 0 Å². The Balaban J connectivity index is 1.51. The van der Waals surface area contributed by atoms with Crippen LogP contribution >= 0.6 is 82.7 Å². The van der Waals surface area contributed by atoms with E-state index in [0.29, 0.717) is 33.6 Å². The fraction of sp³-hybridized carbons (Fsp3) is 0.179. The lowest BCUT2D eigenvalue weighted by atomic mass is 9.90. The van der Waals surface area contributed by atoms with E-state index >= 15 is 0 Å². The number of benzene rings is 5. The lowest BCUT2D eigenvalue weighted by Gasteiger charge is -2.46. The van der Waals surface area contributed by atoms with Crippen LogP contribution in [0.3, 0.4) is 0 Å². The summed E-state index contributed by atoms with van der Waals surface area (Å²) in [5.74, 6) is -0.728. The maximum absolute atomic E-state index is 14.6. The number of carbonyl (C=O) groups excluding carboxylic acids is 2. The highest BCUT2D eigenvalue weighted by atomic mass is 127. The predicted octanol–water partition coefficient (Wildman–Crippen LogP) is 12.3. The summed E-state index contributed by atoms with van der Waals surface area (Å²) in [6.45, 7) is 3.39. The number of ether oxygens (including phenoxy) is 4. The van der Waals surface area contributed by atoms with E-state index in [1.807, 2.05) is 42.5 Å². The zero-order chi connectivity index (χ0) is 40.7. The first-order valence-electron chi connectivity index (χ1n) is 16.7. The molecule has 1 aromatic heterocycles. The molecule has 2 atom stereocenters. The van der Waals surface area contributed by atoms with E-state index < -0.39 is 36.7 Å². The molecule has 6 rings (SSSR count). The van der Waals surface area contributed by atoms with Gasteiger partial charge in [0.05, 0.1) is 18.6 Å². The molecule has 10 nitrogen and oxygen atoms in total. The Hall–Kier alpha value is -2.45. The van der Waals surface area contributed by atoms with Gasteiger partial charge in [-0.2, -0.15) is 0 Å². The Morgan fingerprint density at radius 1 is 0.893 bits per heavy atom. The quantitative estimate of drug-likeness (QED) is 0.0659. The van der Waals surface area contributed by atoms with E-state index in [1.165, 1.54) is 37.4 Å². The largest absolute Gasteiger partial charge is 0.462 e. The first-order valence-corrected chi connectivity index (χ1v) is 32.0. The normalized spacial score (nSPS) is 14.3. The monoisotopic (exact) mass is 1250 g/mol. The second-order valence-corrected chi connectivity index (χ2v) is 73.8. The highest BCUT2D eigenvalue weighted by molar-refractivity contribution is 14.6. The SMILES string of the molecule is CCOC(=O)c1c(-c2ccc(Oc3ccc(F)cc3)cc2)oc2cc(NS(C)(=O)=O)c([C@H](OC(=O)[C@@](C)(OC)c3cccc4ccccc34)[SH](I)(I)(I)I)cc12. The average molecular weight is 1250 g/mol. The molecule has 5 aromatic carbocycles. The number of hydrogen-bond acceptors (Lipinski definition) is 9. The molecular weight excluding hydrogens is 1220 g/mol. The van der Waals surface area contributed by atoms with Crippen molar-refractivity contribution in [2.45, 2.75) is 24.9 Å². The molecule has 0 spiro atoms. The zero-order valence-electron chi connectivity index (χ0n) is 30.0. The van der Waals surface area contributed by atoms with Gasteiger partial charge in [-0.25, -0.2) is 22.4 Å². The van der Waals surface area contributed by atoms with E-state index in [4.69, 9.17) is 23.4 Å². The van der Waals surface area contributed by atoms with Gasteiger partial charge in [0, 0.05) is 35.3 Å². The maximum atomic E-state index is 14.6. The molecule has 17 heteroatoms.